The van der Waals surface area contributed by atoms with Crippen molar-refractivity contribution < 1.29 is 4.74 Å². The van der Waals surface area contributed by atoms with E-state index in [0.717, 1.165) is 13.2 Å². The molecule has 1 unspecified atom stereocenters. The zero-order valence-corrected chi connectivity index (χ0v) is 7.65. The van der Waals surface area contributed by atoms with Gasteiger partial charge in [0.15, 0.2) is 0 Å². The lowest BCUT2D eigenvalue weighted by molar-refractivity contribution is -0.0128. The minimum Gasteiger partial charge on any atom is -0.374 e. The van der Waals surface area contributed by atoms with Crippen molar-refractivity contribution in [1.29, 1.82) is 0 Å². The van der Waals surface area contributed by atoms with E-state index in [0.29, 0.717) is 18.1 Å². The van der Waals surface area contributed by atoms with E-state index >= 15 is 0 Å². The maximum atomic E-state index is 5.79. The van der Waals surface area contributed by atoms with Crippen LogP contribution in [0.4, 0.5) is 0 Å². The van der Waals surface area contributed by atoms with Gasteiger partial charge in [-0.05, 0) is 18.4 Å². The minimum absolute atomic E-state index is 0.358. The summed E-state index contributed by atoms with van der Waals surface area (Å²) in [5, 5.41) is 4.58. The van der Waals surface area contributed by atoms with Gasteiger partial charge >= 0.3 is 0 Å². The van der Waals surface area contributed by atoms with Crippen molar-refractivity contribution in [2.24, 2.45) is 5.92 Å². The summed E-state index contributed by atoms with van der Waals surface area (Å²) in [6.45, 7) is 1.70. The third-order valence-corrected chi connectivity index (χ3v) is 3.22. The van der Waals surface area contributed by atoms with Crippen molar-refractivity contribution in [3.8, 4) is 0 Å². The topological polar surface area (TPSA) is 23.3 Å². The third-order valence-electron chi connectivity index (χ3n) is 3.22. The molecule has 1 fully saturated rings. The first kappa shape index (κ1) is 7.77. The molecule has 2 nitrogen and oxygen atoms in total. The van der Waals surface area contributed by atoms with E-state index in [-0.39, 0.29) is 0 Å². The van der Waals surface area contributed by atoms with Crippen molar-refractivity contribution >= 4 is 0 Å². The summed E-state index contributed by atoms with van der Waals surface area (Å²) in [6.07, 6.45) is 9.64. The molecule has 1 saturated heterocycles. The Labute approximate surface area is 78.7 Å². The molecule has 0 aromatic carbocycles. The predicted octanol–water partition coefficient (Wildman–Crippen LogP) is 1.26. The number of rotatable bonds is 0. The van der Waals surface area contributed by atoms with Gasteiger partial charge < -0.3 is 4.74 Å². The van der Waals surface area contributed by atoms with E-state index in [1.165, 1.54) is 18.4 Å². The Kier molecular flexibility index (Phi) is 1.77. The van der Waals surface area contributed by atoms with E-state index in [1.807, 2.05) is 0 Å². The van der Waals surface area contributed by atoms with Crippen LogP contribution in [-0.2, 0) is 4.74 Å². The highest BCUT2D eigenvalue weighted by Crippen LogP contribution is 2.37. The van der Waals surface area contributed by atoms with E-state index in [2.05, 4.69) is 23.5 Å². The molecule has 0 aromatic heterocycles. The van der Waals surface area contributed by atoms with Gasteiger partial charge in [0.2, 0.25) is 0 Å². The van der Waals surface area contributed by atoms with Gasteiger partial charge in [-0.25, -0.2) is 5.32 Å². The van der Waals surface area contributed by atoms with Gasteiger partial charge in [-0.2, -0.15) is 0 Å². The zero-order valence-electron chi connectivity index (χ0n) is 7.65. The van der Waals surface area contributed by atoms with Crippen molar-refractivity contribution in [3.63, 3.8) is 0 Å². The number of ether oxygens (including phenoxy) is 1. The van der Waals surface area contributed by atoms with Crippen LogP contribution in [0.25, 0.3) is 0 Å². The number of hydrogen-bond donors (Lipinski definition) is 0. The lowest BCUT2D eigenvalue weighted by Crippen LogP contribution is -2.43. The zero-order chi connectivity index (χ0) is 8.67. The summed E-state index contributed by atoms with van der Waals surface area (Å²) in [5.74, 6) is 0.638. The van der Waals surface area contributed by atoms with Crippen LogP contribution in [0.15, 0.2) is 23.8 Å². The lowest BCUT2D eigenvalue weighted by Gasteiger charge is -2.31. The predicted molar refractivity (Wildman–Crippen MR) is 50.5 cm³/mol. The first-order valence-corrected chi connectivity index (χ1v) is 5.11. The van der Waals surface area contributed by atoms with Crippen LogP contribution >= 0.6 is 0 Å². The van der Waals surface area contributed by atoms with Crippen molar-refractivity contribution in [2.75, 3.05) is 13.2 Å². The molecule has 1 radical (unpaired) electrons. The van der Waals surface area contributed by atoms with Crippen LogP contribution in [0.1, 0.15) is 12.8 Å². The molecule has 2 heteroatoms. The molecule has 0 spiro atoms. The highest BCUT2D eigenvalue weighted by Gasteiger charge is 2.39. The molecule has 0 saturated carbocycles. The third kappa shape index (κ3) is 1.17. The molecular weight excluding hydrogens is 162 g/mol. The number of morpholine rings is 1. The Morgan fingerprint density at radius 2 is 2.46 bits per heavy atom. The first-order valence-electron chi connectivity index (χ1n) is 5.11. The number of allylic oxidation sites excluding steroid dienone is 2. The summed E-state index contributed by atoms with van der Waals surface area (Å²) in [6, 6.07) is 0.358. The molecule has 1 heterocycles. The fourth-order valence-electron chi connectivity index (χ4n) is 2.61. The van der Waals surface area contributed by atoms with Gasteiger partial charge in [0.25, 0.3) is 0 Å². The summed E-state index contributed by atoms with van der Waals surface area (Å²) in [4.78, 5) is 0. The second kappa shape index (κ2) is 2.96. The number of nitrogens with zero attached hydrogens (tertiary/aromatic N) is 1. The number of hydrogen-bond acceptors (Lipinski definition) is 1. The Balaban J connectivity index is 1.89. The fourth-order valence-corrected chi connectivity index (χ4v) is 2.61. The molecule has 1 aliphatic heterocycles. The lowest BCUT2D eigenvalue weighted by atomic mass is 9.88. The Morgan fingerprint density at radius 1 is 1.46 bits per heavy atom. The largest absolute Gasteiger partial charge is 0.374 e. The van der Waals surface area contributed by atoms with Crippen LogP contribution in [0.3, 0.4) is 0 Å². The van der Waals surface area contributed by atoms with Crippen LogP contribution in [-0.4, -0.2) is 25.3 Å². The van der Waals surface area contributed by atoms with Crippen LogP contribution in [0, 0.1) is 5.92 Å². The van der Waals surface area contributed by atoms with E-state index in [9.17, 15) is 0 Å². The molecule has 0 aromatic rings. The van der Waals surface area contributed by atoms with Gasteiger partial charge in [0.1, 0.15) is 0 Å². The van der Waals surface area contributed by atoms with E-state index in [4.69, 9.17) is 4.74 Å². The molecule has 0 bridgehead atoms. The first-order chi connectivity index (χ1) is 6.45. The van der Waals surface area contributed by atoms with Crippen molar-refractivity contribution in [1.82, 2.24) is 5.32 Å². The minimum atomic E-state index is 0.358. The molecular formula is C11H14NO. The van der Waals surface area contributed by atoms with Crippen LogP contribution in [0.5, 0.6) is 0 Å². The van der Waals surface area contributed by atoms with Gasteiger partial charge in [-0.1, -0.05) is 18.2 Å². The summed E-state index contributed by atoms with van der Waals surface area (Å²) in [5.41, 5.74) is 1.46. The van der Waals surface area contributed by atoms with Gasteiger partial charge in [-0.3, -0.25) is 0 Å². The fraction of sp³-hybridized carbons (Fsp3) is 0.636. The van der Waals surface area contributed by atoms with Gasteiger partial charge in [0, 0.05) is 12.5 Å². The molecule has 69 valence electrons. The standard InChI is InChI=1S/C11H14NO/c1-2-4-9-8(3-1)7-10-11(9)13-6-5-12-10/h1,3,7,9-11H,2,4-6H2/t9-,10+,11?/m1/s1. The SMILES string of the molecule is C1=CC2=C[C@@H]3[N]CCOC3[C@@H]2CC1. The molecule has 2 aliphatic carbocycles. The summed E-state index contributed by atoms with van der Waals surface area (Å²) >= 11 is 0. The smallest absolute Gasteiger partial charge is 0.0848 e. The van der Waals surface area contributed by atoms with E-state index < -0.39 is 0 Å². The highest BCUT2D eigenvalue weighted by atomic mass is 16.5. The molecule has 0 amide bonds. The quantitative estimate of drug-likeness (QED) is 0.545. The second-order valence-corrected chi connectivity index (χ2v) is 3.99. The second-order valence-electron chi connectivity index (χ2n) is 3.99. The average Bonchev–Trinajstić information content (AvgIpc) is 2.56. The molecule has 0 N–H and O–H groups in total. The Hall–Kier alpha value is -0.600. The van der Waals surface area contributed by atoms with Crippen molar-refractivity contribution in [2.45, 2.75) is 25.0 Å². The maximum absolute atomic E-state index is 5.79. The highest BCUT2D eigenvalue weighted by molar-refractivity contribution is 5.34. The summed E-state index contributed by atoms with van der Waals surface area (Å²) in [7, 11) is 0. The summed E-state index contributed by atoms with van der Waals surface area (Å²) < 4.78 is 5.79. The Bertz CT molecular complexity index is 269. The average molecular weight is 176 g/mol. The van der Waals surface area contributed by atoms with Crippen LogP contribution in [0.2, 0.25) is 0 Å². The Morgan fingerprint density at radius 3 is 3.46 bits per heavy atom. The van der Waals surface area contributed by atoms with Crippen LogP contribution < -0.4 is 5.32 Å². The van der Waals surface area contributed by atoms with Crippen molar-refractivity contribution in [3.05, 3.63) is 23.8 Å². The number of fused-ring (bicyclic) bond motifs is 3. The van der Waals surface area contributed by atoms with E-state index in [1.54, 1.807) is 0 Å². The molecule has 3 aliphatic rings. The normalized spacial score (nSPS) is 42.5. The van der Waals surface area contributed by atoms with Gasteiger partial charge in [-0.15, -0.1) is 0 Å². The molecule has 3 atom stereocenters. The maximum Gasteiger partial charge on any atom is 0.0848 e. The monoisotopic (exact) mass is 176 g/mol. The molecule has 3 rings (SSSR count). The molecule has 13 heavy (non-hydrogen) atoms. The van der Waals surface area contributed by atoms with Gasteiger partial charge in [0.05, 0.1) is 18.8 Å².